The summed E-state index contributed by atoms with van der Waals surface area (Å²) in [5.74, 6) is 0. The fourth-order valence-corrected chi connectivity index (χ4v) is 3.47. The molecule has 1 rings (SSSR count). The fraction of sp³-hybridized carbons (Fsp3) is 0.895. The first-order valence-corrected chi connectivity index (χ1v) is 8.29. The maximum Gasteiger partial charge on any atom is -0.00604 e. The minimum atomic E-state index is 0.344. The molecule has 0 N–H and O–H groups in total. The molecule has 112 valence electrons. The summed E-state index contributed by atoms with van der Waals surface area (Å²) in [4.78, 5) is 0. The van der Waals surface area contributed by atoms with Crippen molar-refractivity contribution in [3.05, 3.63) is 11.1 Å². The second-order valence-electron chi connectivity index (χ2n) is 8.35. The molecule has 0 aromatic heterocycles. The van der Waals surface area contributed by atoms with Crippen LogP contribution < -0.4 is 0 Å². The molecule has 1 atom stereocenters. The highest BCUT2D eigenvalue weighted by molar-refractivity contribution is 5.26. The summed E-state index contributed by atoms with van der Waals surface area (Å²) in [5.41, 5.74) is 4.64. The third kappa shape index (κ3) is 3.26. The van der Waals surface area contributed by atoms with Gasteiger partial charge >= 0.3 is 0 Å². The molecule has 0 aromatic carbocycles. The van der Waals surface area contributed by atoms with E-state index in [0.717, 1.165) is 0 Å². The van der Waals surface area contributed by atoms with Crippen LogP contribution in [0.4, 0.5) is 0 Å². The van der Waals surface area contributed by atoms with Gasteiger partial charge in [0.15, 0.2) is 0 Å². The Balaban J connectivity index is 3.18. The van der Waals surface area contributed by atoms with Crippen molar-refractivity contribution in [3.8, 4) is 0 Å². The van der Waals surface area contributed by atoms with E-state index in [-0.39, 0.29) is 0 Å². The normalized spacial score (nSPS) is 19.9. The SMILES string of the molecule is CCC(C)(C)CC(C)(C(C)=C1CCC1)C(C)(C)CC. The Hall–Kier alpha value is -0.260. The first-order chi connectivity index (χ1) is 8.59. The van der Waals surface area contributed by atoms with E-state index in [2.05, 4.69) is 55.4 Å². The highest BCUT2D eigenvalue weighted by atomic mass is 14.5. The summed E-state index contributed by atoms with van der Waals surface area (Å²) in [6.07, 6.45) is 7.96. The molecule has 19 heavy (non-hydrogen) atoms. The highest BCUT2D eigenvalue weighted by Gasteiger charge is 2.45. The predicted octanol–water partition coefficient (Wildman–Crippen LogP) is 6.76. The van der Waals surface area contributed by atoms with E-state index >= 15 is 0 Å². The largest absolute Gasteiger partial charge is 0.0707 e. The zero-order valence-corrected chi connectivity index (χ0v) is 14.7. The summed E-state index contributed by atoms with van der Waals surface area (Å²) in [6.45, 7) is 19.5. The molecule has 1 unspecified atom stereocenters. The Morgan fingerprint density at radius 1 is 0.947 bits per heavy atom. The Labute approximate surface area is 122 Å². The van der Waals surface area contributed by atoms with Crippen LogP contribution in [0.1, 0.15) is 93.9 Å². The lowest BCUT2D eigenvalue weighted by Crippen LogP contribution is -2.40. The van der Waals surface area contributed by atoms with Gasteiger partial charge in [-0.3, -0.25) is 0 Å². The fourth-order valence-electron chi connectivity index (χ4n) is 3.47. The molecule has 1 aliphatic rings. The van der Waals surface area contributed by atoms with E-state index < -0.39 is 0 Å². The third-order valence-corrected chi connectivity index (χ3v) is 6.48. The topological polar surface area (TPSA) is 0 Å². The molecule has 0 bridgehead atoms. The van der Waals surface area contributed by atoms with Crippen molar-refractivity contribution >= 4 is 0 Å². The second kappa shape index (κ2) is 5.62. The lowest BCUT2D eigenvalue weighted by atomic mass is 9.54. The molecule has 0 heterocycles. The van der Waals surface area contributed by atoms with Gasteiger partial charge in [-0.15, -0.1) is 0 Å². The van der Waals surface area contributed by atoms with Crippen LogP contribution in [0.15, 0.2) is 11.1 Å². The van der Waals surface area contributed by atoms with Gasteiger partial charge in [0, 0.05) is 0 Å². The van der Waals surface area contributed by atoms with Gasteiger partial charge < -0.3 is 0 Å². The van der Waals surface area contributed by atoms with Crippen LogP contribution in [-0.4, -0.2) is 0 Å². The molecule has 1 fully saturated rings. The molecule has 1 saturated carbocycles. The molecule has 0 radical (unpaired) electrons. The van der Waals surface area contributed by atoms with Gasteiger partial charge in [-0.05, 0) is 48.9 Å². The molecule has 1 aliphatic carbocycles. The summed E-state index contributed by atoms with van der Waals surface area (Å²) in [7, 11) is 0. The first kappa shape index (κ1) is 16.8. The monoisotopic (exact) mass is 264 g/mol. The average molecular weight is 264 g/mol. The minimum absolute atomic E-state index is 0.344. The molecular formula is C19H36. The second-order valence-corrected chi connectivity index (χ2v) is 8.35. The van der Waals surface area contributed by atoms with Crippen molar-refractivity contribution < 1.29 is 0 Å². The number of hydrogen-bond acceptors (Lipinski definition) is 0. The van der Waals surface area contributed by atoms with Crippen LogP contribution in [0, 0.1) is 16.2 Å². The van der Waals surface area contributed by atoms with Crippen LogP contribution >= 0.6 is 0 Å². The van der Waals surface area contributed by atoms with Crippen LogP contribution in [-0.2, 0) is 0 Å². The molecule has 0 heteroatoms. The molecule has 0 saturated heterocycles. The predicted molar refractivity (Wildman–Crippen MR) is 87.4 cm³/mol. The van der Waals surface area contributed by atoms with Crippen molar-refractivity contribution in [2.45, 2.75) is 93.9 Å². The lowest BCUT2D eigenvalue weighted by Gasteiger charge is -2.50. The van der Waals surface area contributed by atoms with Gasteiger partial charge in [-0.25, -0.2) is 0 Å². The molecule has 0 aliphatic heterocycles. The Morgan fingerprint density at radius 3 is 1.79 bits per heavy atom. The van der Waals surface area contributed by atoms with Gasteiger partial charge in [0.2, 0.25) is 0 Å². The Morgan fingerprint density at radius 2 is 1.47 bits per heavy atom. The van der Waals surface area contributed by atoms with Crippen molar-refractivity contribution in [3.63, 3.8) is 0 Å². The van der Waals surface area contributed by atoms with Gasteiger partial charge in [0.1, 0.15) is 0 Å². The van der Waals surface area contributed by atoms with Crippen molar-refractivity contribution in [1.29, 1.82) is 0 Å². The van der Waals surface area contributed by atoms with Gasteiger partial charge in [0.25, 0.3) is 0 Å². The van der Waals surface area contributed by atoms with E-state index in [4.69, 9.17) is 0 Å². The maximum absolute atomic E-state index is 2.54. The lowest BCUT2D eigenvalue weighted by molar-refractivity contribution is 0.0620. The van der Waals surface area contributed by atoms with E-state index in [1.807, 2.05) is 0 Å². The van der Waals surface area contributed by atoms with E-state index in [0.29, 0.717) is 16.2 Å². The van der Waals surface area contributed by atoms with Crippen molar-refractivity contribution in [2.75, 3.05) is 0 Å². The maximum atomic E-state index is 2.54. The van der Waals surface area contributed by atoms with Gasteiger partial charge in [0.05, 0.1) is 0 Å². The highest BCUT2D eigenvalue weighted by Crippen LogP contribution is 2.55. The van der Waals surface area contributed by atoms with Crippen LogP contribution in [0.5, 0.6) is 0 Å². The van der Waals surface area contributed by atoms with E-state index in [1.54, 1.807) is 11.1 Å². The number of allylic oxidation sites excluding steroid dienone is 2. The van der Waals surface area contributed by atoms with Gasteiger partial charge in [-0.2, -0.15) is 0 Å². The minimum Gasteiger partial charge on any atom is -0.0707 e. The summed E-state index contributed by atoms with van der Waals surface area (Å²) >= 11 is 0. The molecule has 0 nitrogen and oxygen atoms in total. The van der Waals surface area contributed by atoms with Crippen LogP contribution in [0.3, 0.4) is 0 Å². The standard InChI is InChI=1S/C19H36/c1-9-17(4,5)14-19(8,18(6,7)10-2)15(3)16-12-11-13-16/h9-14H2,1-8H3. The summed E-state index contributed by atoms with van der Waals surface area (Å²) < 4.78 is 0. The molecule has 0 amide bonds. The van der Waals surface area contributed by atoms with Crippen LogP contribution in [0.25, 0.3) is 0 Å². The zero-order valence-electron chi connectivity index (χ0n) is 14.7. The van der Waals surface area contributed by atoms with E-state index in [1.165, 1.54) is 38.5 Å². The quantitative estimate of drug-likeness (QED) is 0.465. The molecular weight excluding hydrogens is 228 g/mol. The molecule has 0 spiro atoms. The average Bonchev–Trinajstić information content (AvgIpc) is 2.25. The van der Waals surface area contributed by atoms with Crippen molar-refractivity contribution in [2.24, 2.45) is 16.2 Å². The summed E-state index contributed by atoms with van der Waals surface area (Å²) in [6, 6.07) is 0. The molecule has 0 aromatic rings. The van der Waals surface area contributed by atoms with Gasteiger partial charge in [-0.1, -0.05) is 72.5 Å². The Kier molecular flexibility index (Phi) is 4.97. The Bertz CT molecular complexity index is 337. The van der Waals surface area contributed by atoms with Crippen molar-refractivity contribution in [1.82, 2.24) is 0 Å². The third-order valence-electron chi connectivity index (χ3n) is 6.48. The van der Waals surface area contributed by atoms with E-state index in [9.17, 15) is 0 Å². The summed E-state index contributed by atoms with van der Waals surface area (Å²) in [5, 5.41) is 0. The zero-order chi connectivity index (χ0) is 14.9. The smallest absolute Gasteiger partial charge is 0.00604 e. The number of rotatable bonds is 6. The van der Waals surface area contributed by atoms with Crippen LogP contribution in [0.2, 0.25) is 0 Å². The first-order valence-electron chi connectivity index (χ1n) is 8.29. The number of hydrogen-bond donors (Lipinski definition) is 0.